The smallest absolute Gasteiger partial charge is 0.319 e. The summed E-state index contributed by atoms with van der Waals surface area (Å²) >= 11 is 0. The highest BCUT2D eigenvalue weighted by Gasteiger charge is 2.33. The Balaban J connectivity index is -0.000000149. The second kappa shape index (κ2) is 92.9. The van der Waals surface area contributed by atoms with Crippen molar-refractivity contribution in [3.8, 4) is 0 Å². The van der Waals surface area contributed by atoms with Gasteiger partial charge in [0, 0.05) is 173 Å². The van der Waals surface area contributed by atoms with Gasteiger partial charge in [-0.2, -0.15) is 4.31 Å². The summed E-state index contributed by atoms with van der Waals surface area (Å²) in [5.41, 5.74) is 0. The van der Waals surface area contributed by atoms with Crippen molar-refractivity contribution in [3.05, 3.63) is 0 Å². The number of rotatable bonds is 25. The van der Waals surface area contributed by atoms with Crippen LogP contribution in [0, 0.1) is 0 Å². The van der Waals surface area contributed by atoms with Crippen LogP contribution in [0.4, 0.5) is 9.59 Å². The van der Waals surface area contributed by atoms with Crippen molar-refractivity contribution in [3.63, 3.8) is 0 Å². The number of piperidine rings is 5. The largest absolute Gasteiger partial charge is 0.381 e. The molecule has 11 rings (SSSR count). The number of ether oxygens (including phenoxy) is 13. The highest BCUT2D eigenvalue weighted by Crippen LogP contribution is 2.24. The van der Waals surface area contributed by atoms with Gasteiger partial charge in [-0.15, -0.1) is 0 Å². The van der Waals surface area contributed by atoms with Crippen molar-refractivity contribution in [2.75, 3.05) is 186 Å². The van der Waals surface area contributed by atoms with Gasteiger partial charge >= 0.3 is 12.1 Å². The van der Waals surface area contributed by atoms with Crippen molar-refractivity contribution in [1.29, 1.82) is 0 Å². The first kappa shape index (κ1) is 163. The SMILES string of the molecule is C.C.C.C.C.C.C.C.C.C.C.CC(=O)N1CCC(OC(C)C)C1.CC(=O)N1CCC(OC(C)C)CC1.CC(C)OC1CCCCO1.CC(C)OC1CCN(C(=O)N(C)C)C1.CC(C)OC1CCN(C(=O)N(C)C)CC1.CC(C)OC1CCN(C)C1.CC(C)OC1CCN(C)CC1.CC(C)OC1CCN(S(C)(=O)=O)C1.CC(C)OC1CCNCC1.CC(C)OC1CCOCC1.CCCC(=O)N1CCC(OC(C)C)CC1. The number of hydrogen-bond acceptors (Lipinski definition) is 23. The van der Waals surface area contributed by atoms with E-state index >= 15 is 0 Å². The summed E-state index contributed by atoms with van der Waals surface area (Å²) in [5.74, 6) is 0.647. The molecule has 5 unspecified atom stereocenters. The van der Waals surface area contributed by atoms with Gasteiger partial charge in [-0.1, -0.05) is 88.6 Å². The van der Waals surface area contributed by atoms with Gasteiger partial charge in [0.25, 0.3) is 0 Å². The highest BCUT2D eigenvalue weighted by atomic mass is 32.2. The molecule has 0 radical (unpaired) electrons. The molecule has 11 aliphatic heterocycles. The van der Waals surface area contributed by atoms with Crippen LogP contribution in [0.2, 0.25) is 0 Å². The molecule has 31 nitrogen and oxygen atoms in total. The van der Waals surface area contributed by atoms with Crippen LogP contribution in [0.25, 0.3) is 0 Å². The van der Waals surface area contributed by atoms with Gasteiger partial charge in [-0.25, -0.2) is 18.0 Å². The lowest BCUT2D eigenvalue weighted by molar-refractivity contribution is -0.180. The Kier molecular flexibility index (Phi) is 105. The van der Waals surface area contributed by atoms with Crippen molar-refractivity contribution in [2.45, 2.75) is 524 Å². The molecule has 0 aromatic heterocycles. The minimum absolute atomic E-state index is 0. The highest BCUT2D eigenvalue weighted by molar-refractivity contribution is 7.88. The number of urea groups is 2. The third kappa shape index (κ3) is 82.9. The first-order valence-electron chi connectivity index (χ1n) is 51.6. The van der Waals surface area contributed by atoms with Crippen molar-refractivity contribution in [1.82, 2.24) is 53.7 Å². The zero-order valence-corrected chi connectivity index (χ0v) is 91.3. The van der Waals surface area contributed by atoms with Crippen LogP contribution in [-0.2, 0) is 86.0 Å². The van der Waals surface area contributed by atoms with E-state index in [2.05, 4.69) is 126 Å². The third-order valence-corrected chi connectivity index (χ3v) is 24.2. The van der Waals surface area contributed by atoms with Crippen LogP contribution >= 0.6 is 0 Å². The topological polar surface area (TPSA) is 284 Å². The van der Waals surface area contributed by atoms with Gasteiger partial charge in [0.15, 0.2) is 6.29 Å². The van der Waals surface area contributed by atoms with E-state index in [0.717, 1.165) is 188 Å². The molecule has 1 N–H and O–H groups in total. The Bertz CT molecular complexity index is 2950. The summed E-state index contributed by atoms with van der Waals surface area (Å²) in [7, 11) is 8.43. The Labute approximate surface area is 892 Å². The Morgan fingerprint density at radius 2 is 0.583 bits per heavy atom. The molecule has 0 aliphatic carbocycles. The molecule has 876 valence electrons. The molecule has 0 aromatic rings. The number of carbonyl (C=O) groups is 5. The van der Waals surface area contributed by atoms with Crippen LogP contribution in [0.15, 0.2) is 0 Å². The number of carbonyl (C=O) groups excluding carboxylic acids is 5. The zero-order chi connectivity index (χ0) is 100. The quantitative estimate of drug-likeness (QED) is 0.0888. The lowest BCUT2D eigenvalue weighted by Crippen LogP contribution is -2.45. The average Bonchev–Trinajstić information content (AvgIpc) is 1.73. The minimum Gasteiger partial charge on any atom is -0.381 e. The van der Waals surface area contributed by atoms with Crippen LogP contribution in [-0.4, -0.2) is 407 Å². The molecule has 0 spiro atoms. The normalized spacial score (nSPS) is 20.7. The van der Waals surface area contributed by atoms with Gasteiger partial charge in [-0.3, -0.25) is 14.4 Å². The van der Waals surface area contributed by atoms with Gasteiger partial charge < -0.3 is 111 Å². The molecule has 0 bridgehead atoms. The maximum Gasteiger partial charge on any atom is 0.319 e. The maximum atomic E-state index is 11.6. The molecular weight excluding hydrogens is 1850 g/mol. The number of likely N-dealkylation sites (tertiary alicyclic amines) is 7. The molecule has 11 aliphatic rings. The van der Waals surface area contributed by atoms with Gasteiger partial charge in [0.2, 0.25) is 27.7 Å². The Hall–Kier alpha value is -3.78. The standard InChI is InChI=1S/C12H23NO2.C11H22N2O2.C10H20N2O2.C10H19NO2.C9H17NO2.C9H19NO.C8H17NO3S.2C8H17NO.2C8H16O2.11CH4/c1-4-5-12(14)13-8-6-11(7-9-13)15-10(2)3;1-9(2)15-10-5-7-13(8-6-10)11(14)12(3)4;1-8(2)14-9-5-6-12(7-9)10(13)11(3)4;1-8(2)13-10-4-6-11(7-5-10)9(3)12;1-7(2)12-9-4-5-10(6-9)8(3)11;1-8(2)11-9-4-6-10(3)7-5-9;1-7(2)12-8-4-5-9(6-8)13(3,10)11;1-7(2)10-8-4-5-9(3)6-8;2*1-7(2)10-8-3-5-9-6-4-8;1-7(2)10-8-5-3-4-6-9-8;;;;;;;;;;;/h10-11H,4-9H2,1-3H3;9-10H,5-8H2,1-4H3;8-9H,5-7H2,1-4H3;8,10H,4-7H2,1-3H3;7,9H,4-6H2,1-3H3;8-9H,4-7H2,1-3H3;7-8H,4-6H2,1-3H3;7-8H,4-6H2,1-3H3;7-9H,3-6H2,1-2H3;2*7-8H,3-6H2,1-2H3;11*1H4. The summed E-state index contributed by atoms with van der Waals surface area (Å²) in [5, 5.41) is 3.31. The van der Waals surface area contributed by atoms with Crippen LogP contribution in [0.3, 0.4) is 0 Å². The van der Waals surface area contributed by atoms with Crippen LogP contribution in [0.1, 0.15) is 390 Å². The fraction of sp³-hybridized carbons (Fsp3) is 0.955. The molecule has 11 saturated heterocycles. The van der Waals surface area contributed by atoms with E-state index < -0.39 is 10.0 Å². The second-order valence-corrected chi connectivity index (χ2v) is 42.6. The summed E-state index contributed by atoms with van der Waals surface area (Å²) in [6, 6.07) is 0.192. The molecule has 7 amide bonds. The fourth-order valence-corrected chi connectivity index (χ4v) is 17.6. The van der Waals surface area contributed by atoms with Crippen molar-refractivity contribution < 1.29 is 94.0 Å². The van der Waals surface area contributed by atoms with Crippen molar-refractivity contribution >= 4 is 39.8 Å². The van der Waals surface area contributed by atoms with Gasteiger partial charge in [0.1, 0.15) is 0 Å². The fourth-order valence-electron chi connectivity index (χ4n) is 16.8. The maximum absolute atomic E-state index is 11.6. The number of sulfonamides is 1. The van der Waals surface area contributed by atoms with E-state index in [4.69, 9.17) is 61.6 Å². The molecule has 11 fully saturated rings. The predicted octanol–water partition coefficient (Wildman–Crippen LogP) is 22.1. The number of hydrogen-bond donors (Lipinski definition) is 1. The van der Waals surface area contributed by atoms with E-state index in [1.165, 1.54) is 75.1 Å². The summed E-state index contributed by atoms with van der Waals surface area (Å²) in [4.78, 5) is 74.1. The van der Waals surface area contributed by atoms with E-state index in [0.29, 0.717) is 111 Å². The Morgan fingerprint density at radius 1 is 0.312 bits per heavy atom. The second-order valence-electron chi connectivity index (χ2n) is 40.6. The first-order chi connectivity index (χ1) is 62.4. The van der Waals surface area contributed by atoms with E-state index in [9.17, 15) is 32.4 Å². The summed E-state index contributed by atoms with van der Waals surface area (Å²) < 4.78 is 96.3. The third-order valence-electron chi connectivity index (χ3n) is 22.9. The van der Waals surface area contributed by atoms with Gasteiger partial charge in [0.05, 0.1) is 134 Å². The molecule has 5 atom stereocenters. The van der Waals surface area contributed by atoms with Gasteiger partial charge in [-0.05, 0) is 308 Å². The predicted molar refractivity (Wildman–Crippen MR) is 610 cm³/mol. The van der Waals surface area contributed by atoms with E-state index in [-0.39, 0.29) is 155 Å². The number of nitrogens with zero attached hydrogens (tertiary/aromatic N) is 10. The van der Waals surface area contributed by atoms with Crippen molar-refractivity contribution in [2.24, 2.45) is 0 Å². The van der Waals surface area contributed by atoms with Crippen LogP contribution in [0.5, 0.6) is 0 Å². The molecule has 11 heterocycles. The number of likely N-dealkylation sites (N-methyl/N-ethyl adjacent to an activating group) is 1. The number of amides is 7. The van der Waals surface area contributed by atoms with Crippen LogP contribution < -0.4 is 5.32 Å². The van der Waals surface area contributed by atoms with E-state index in [1.807, 2.05) is 86.8 Å². The monoisotopic (exact) mass is 2100 g/mol. The average molecular weight is 2100 g/mol. The molecule has 0 saturated carbocycles. The summed E-state index contributed by atoms with van der Waals surface area (Å²) in [6.07, 6.45) is 30.2. The Morgan fingerprint density at radius 3 is 0.889 bits per heavy atom. The lowest BCUT2D eigenvalue weighted by Gasteiger charge is -2.34. The molecule has 32 heteroatoms. The number of nitrogens with one attached hydrogen (secondary N) is 1. The molecule has 144 heavy (non-hydrogen) atoms. The summed E-state index contributed by atoms with van der Waals surface area (Å²) in [6.45, 7) is 69.4. The lowest BCUT2D eigenvalue weighted by atomic mass is 10.1. The first-order valence-corrected chi connectivity index (χ1v) is 53.4. The van der Waals surface area contributed by atoms with E-state index in [1.54, 1.807) is 51.8 Å². The minimum atomic E-state index is -3.02. The molecular formula is C112H247N11O20S. The molecule has 0 aromatic carbocycles. The zero-order valence-electron chi connectivity index (χ0n) is 90.4.